The Kier molecular flexibility index (Phi) is 4.48. The number of nitrogens with zero attached hydrogens (tertiary/aromatic N) is 2. The van der Waals surface area contributed by atoms with Crippen molar-refractivity contribution in [2.45, 2.75) is 6.54 Å². The van der Waals surface area contributed by atoms with E-state index in [2.05, 4.69) is 34.7 Å². The van der Waals surface area contributed by atoms with E-state index in [1.165, 1.54) is 16.8 Å². The van der Waals surface area contributed by atoms with Crippen LogP contribution >= 0.6 is 0 Å². The van der Waals surface area contributed by atoms with E-state index in [9.17, 15) is 9.18 Å². The zero-order chi connectivity index (χ0) is 20.5. The molecule has 0 aliphatic rings. The summed E-state index contributed by atoms with van der Waals surface area (Å²) in [6, 6.07) is 27.5. The lowest BCUT2D eigenvalue weighted by Crippen LogP contribution is -2.31. The second-order valence-corrected chi connectivity index (χ2v) is 7.12. The number of rotatable bonds is 4. The fourth-order valence-electron chi connectivity index (χ4n) is 3.59. The highest BCUT2D eigenvalue weighted by molar-refractivity contribution is 5.83. The number of nitrogens with one attached hydrogen (secondary N) is 1. The molecule has 0 spiro atoms. The van der Waals surface area contributed by atoms with Gasteiger partial charge >= 0.3 is 0 Å². The number of hydrogen-bond donors (Lipinski definition) is 1. The third-order valence-corrected chi connectivity index (χ3v) is 5.13. The molecular weight excluding hydrogens is 377 g/mol. The lowest BCUT2D eigenvalue weighted by molar-refractivity contribution is 0.628. The molecule has 146 valence electrons. The van der Waals surface area contributed by atoms with Gasteiger partial charge in [-0.25, -0.2) is 14.1 Å². The molecule has 1 N–H and O–H groups in total. The molecule has 30 heavy (non-hydrogen) atoms. The summed E-state index contributed by atoms with van der Waals surface area (Å²) in [6.45, 7) is 0.443. The summed E-state index contributed by atoms with van der Waals surface area (Å²) in [5, 5.41) is 2.83. The normalized spacial score (nSPS) is 11.1. The van der Waals surface area contributed by atoms with Crippen molar-refractivity contribution >= 4 is 21.7 Å². The van der Waals surface area contributed by atoms with Crippen LogP contribution in [0.15, 0.2) is 95.8 Å². The van der Waals surface area contributed by atoms with Crippen molar-refractivity contribution in [3.8, 4) is 11.4 Å². The highest BCUT2D eigenvalue weighted by Crippen LogP contribution is 2.20. The van der Waals surface area contributed by atoms with E-state index < -0.39 is 0 Å². The minimum absolute atomic E-state index is 0.194. The highest BCUT2D eigenvalue weighted by atomic mass is 19.1. The third kappa shape index (κ3) is 3.31. The maximum absolute atomic E-state index is 13.4. The number of aromatic nitrogens is 2. The van der Waals surface area contributed by atoms with Crippen molar-refractivity contribution in [1.82, 2.24) is 9.66 Å². The maximum Gasteiger partial charge on any atom is 0.280 e. The fourth-order valence-corrected chi connectivity index (χ4v) is 3.59. The number of hydrogen-bond acceptors (Lipinski definition) is 3. The molecule has 0 fully saturated rings. The van der Waals surface area contributed by atoms with Gasteiger partial charge in [0.1, 0.15) is 5.82 Å². The summed E-state index contributed by atoms with van der Waals surface area (Å²) in [6.07, 6.45) is 0. The van der Waals surface area contributed by atoms with Crippen LogP contribution < -0.4 is 11.0 Å². The molecule has 1 heterocycles. The van der Waals surface area contributed by atoms with Gasteiger partial charge in [-0.05, 0) is 58.8 Å². The molecule has 0 amide bonds. The minimum Gasteiger partial charge on any atom is -0.317 e. The molecule has 0 bridgehead atoms. The van der Waals surface area contributed by atoms with Crippen molar-refractivity contribution in [3.05, 3.63) is 113 Å². The number of benzene rings is 4. The molecule has 0 aliphatic carbocycles. The zero-order valence-corrected chi connectivity index (χ0v) is 16.0. The summed E-state index contributed by atoms with van der Waals surface area (Å²) in [5.74, 6) is 0.108. The first kappa shape index (κ1) is 18.1. The molecule has 4 aromatic carbocycles. The standard InChI is InChI=1S/C25H18FN3O/c26-21-13-11-19(12-14-21)24-28-23-8-4-3-7-22(23)25(30)29(24)27-16-17-9-10-18-5-1-2-6-20(18)15-17/h1-15,27H,16H2. The van der Waals surface area contributed by atoms with Crippen LogP contribution in [0, 0.1) is 5.82 Å². The SMILES string of the molecule is O=c1c2ccccc2nc(-c2ccc(F)cc2)n1NCc1ccc2ccccc2c1. The third-order valence-electron chi connectivity index (χ3n) is 5.13. The van der Waals surface area contributed by atoms with Crippen LogP contribution in [-0.2, 0) is 6.54 Å². The second-order valence-electron chi connectivity index (χ2n) is 7.12. The van der Waals surface area contributed by atoms with Crippen LogP contribution in [0.4, 0.5) is 4.39 Å². The van der Waals surface area contributed by atoms with Gasteiger partial charge in [-0.15, -0.1) is 0 Å². The summed E-state index contributed by atoms with van der Waals surface area (Å²) in [5.41, 5.74) is 5.32. The van der Waals surface area contributed by atoms with E-state index in [4.69, 9.17) is 0 Å². The minimum atomic E-state index is -0.336. The van der Waals surface area contributed by atoms with Gasteiger partial charge in [0.25, 0.3) is 5.56 Å². The predicted octanol–water partition coefficient (Wildman–Crippen LogP) is 5.10. The lowest BCUT2D eigenvalue weighted by Gasteiger charge is -2.16. The van der Waals surface area contributed by atoms with E-state index >= 15 is 0 Å². The monoisotopic (exact) mass is 395 g/mol. The van der Waals surface area contributed by atoms with Gasteiger partial charge in [-0.3, -0.25) is 4.79 Å². The van der Waals surface area contributed by atoms with Crippen LogP contribution in [0.3, 0.4) is 0 Å². The van der Waals surface area contributed by atoms with Crippen molar-refractivity contribution in [1.29, 1.82) is 0 Å². The van der Waals surface area contributed by atoms with Gasteiger partial charge in [0, 0.05) is 5.56 Å². The Bertz CT molecular complexity index is 1420. The van der Waals surface area contributed by atoms with Gasteiger partial charge in [0.2, 0.25) is 0 Å². The molecule has 0 aliphatic heterocycles. The molecule has 0 saturated heterocycles. The van der Waals surface area contributed by atoms with E-state index in [0.717, 1.165) is 16.3 Å². The molecule has 5 rings (SSSR count). The first-order chi connectivity index (χ1) is 14.7. The van der Waals surface area contributed by atoms with Crippen molar-refractivity contribution in [3.63, 3.8) is 0 Å². The second kappa shape index (κ2) is 7.44. The van der Waals surface area contributed by atoms with E-state index in [0.29, 0.717) is 28.8 Å². The average molecular weight is 395 g/mol. The Hall–Kier alpha value is -3.99. The summed E-state index contributed by atoms with van der Waals surface area (Å²) < 4.78 is 14.9. The number of para-hydroxylation sites is 1. The number of fused-ring (bicyclic) bond motifs is 2. The zero-order valence-electron chi connectivity index (χ0n) is 16.0. The summed E-state index contributed by atoms with van der Waals surface area (Å²) in [7, 11) is 0. The Morgan fingerprint density at radius 1 is 0.833 bits per heavy atom. The van der Waals surface area contributed by atoms with Gasteiger partial charge in [0.05, 0.1) is 17.4 Å². The molecule has 1 aromatic heterocycles. The van der Waals surface area contributed by atoms with E-state index in [1.54, 1.807) is 24.3 Å². The van der Waals surface area contributed by atoms with E-state index in [1.807, 2.05) is 30.3 Å². The van der Waals surface area contributed by atoms with Crippen LogP contribution in [-0.4, -0.2) is 9.66 Å². The van der Waals surface area contributed by atoms with Gasteiger partial charge in [0.15, 0.2) is 5.82 Å². The average Bonchev–Trinajstić information content (AvgIpc) is 2.79. The van der Waals surface area contributed by atoms with Crippen molar-refractivity contribution < 1.29 is 4.39 Å². The smallest absolute Gasteiger partial charge is 0.280 e. The Balaban J connectivity index is 1.59. The van der Waals surface area contributed by atoms with Gasteiger partial charge in [-0.1, -0.05) is 48.5 Å². The van der Waals surface area contributed by atoms with Crippen LogP contribution in [0.25, 0.3) is 33.1 Å². The molecular formula is C25H18FN3O. The molecule has 0 radical (unpaired) electrons. The van der Waals surface area contributed by atoms with Crippen LogP contribution in [0.1, 0.15) is 5.56 Å². The fraction of sp³-hybridized carbons (Fsp3) is 0.0400. The van der Waals surface area contributed by atoms with Gasteiger partial charge in [-0.2, -0.15) is 0 Å². The predicted molar refractivity (Wildman–Crippen MR) is 118 cm³/mol. The summed E-state index contributed by atoms with van der Waals surface area (Å²) in [4.78, 5) is 17.9. The Labute approximate surface area is 172 Å². The first-order valence-electron chi connectivity index (χ1n) is 9.68. The highest BCUT2D eigenvalue weighted by Gasteiger charge is 2.13. The van der Waals surface area contributed by atoms with E-state index in [-0.39, 0.29) is 11.4 Å². The van der Waals surface area contributed by atoms with Crippen molar-refractivity contribution in [2.24, 2.45) is 0 Å². The molecule has 5 heteroatoms. The Morgan fingerprint density at radius 2 is 1.57 bits per heavy atom. The molecule has 0 unspecified atom stereocenters. The number of halogens is 1. The van der Waals surface area contributed by atoms with Crippen LogP contribution in [0.5, 0.6) is 0 Å². The topological polar surface area (TPSA) is 46.9 Å². The molecule has 0 saturated carbocycles. The van der Waals surface area contributed by atoms with Crippen LogP contribution in [0.2, 0.25) is 0 Å². The largest absolute Gasteiger partial charge is 0.317 e. The molecule has 4 nitrogen and oxygen atoms in total. The lowest BCUT2D eigenvalue weighted by atomic mass is 10.1. The Morgan fingerprint density at radius 3 is 2.40 bits per heavy atom. The van der Waals surface area contributed by atoms with Crippen molar-refractivity contribution in [2.75, 3.05) is 5.43 Å². The first-order valence-corrected chi connectivity index (χ1v) is 9.68. The molecule has 5 aromatic rings. The van der Waals surface area contributed by atoms with Gasteiger partial charge < -0.3 is 5.43 Å². The maximum atomic E-state index is 13.4. The quantitative estimate of drug-likeness (QED) is 0.461. The molecule has 0 atom stereocenters. The summed E-state index contributed by atoms with van der Waals surface area (Å²) >= 11 is 0.